The fourth-order valence-electron chi connectivity index (χ4n) is 1.79. The Morgan fingerprint density at radius 3 is 2.32 bits per heavy atom. The Hall–Kier alpha value is -1.32. The van der Waals surface area contributed by atoms with Crippen LogP contribution in [0.1, 0.15) is 52.4 Å². The van der Waals surface area contributed by atoms with E-state index in [0.29, 0.717) is 12.5 Å². The fraction of sp³-hybridized carbons (Fsp3) is 0.733. The molecule has 0 saturated heterocycles. The van der Waals surface area contributed by atoms with Crippen molar-refractivity contribution in [2.75, 3.05) is 13.1 Å². The molecule has 0 aliphatic carbocycles. The van der Waals surface area contributed by atoms with Gasteiger partial charge in [0, 0.05) is 25.9 Å². The summed E-state index contributed by atoms with van der Waals surface area (Å²) in [6.45, 7) is 9.02. The highest BCUT2D eigenvalue weighted by Crippen LogP contribution is 2.11. The molecule has 1 atom stereocenters. The molecule has 110 valence electrons. The molecule has 0 fully saturated rings. The van der Waals surface area contributed by atoms with Gasteiger partial charge in [-0.05, 0) is 12.3 Å². The first-order valence-electron chi connectivity index (χ1n) is 7.28. The van der Waals surface area contributed by atoms with Crippen molar-refractivity contribution in [3.63, 3.8) is 0 Å². The molecule has 0 radical (unpaired) electrons. The number of hydrogen-bond acceptors (Lipinski definition) is 2. The van der Waals surface area contributed by atoms with E-state index in [9.17, 15) is 9.59 Å². The van der Waals surface area contributed by atoms with Crippen molar-refractivity contribution in [2.45, 2.75) is 52.4 Å². The second kappa shape index (κ2) is 11.8. The molecule has 19 heavy (non-hydrogen) atoms. The molecule has 4 nitrogen and oxygen atoms in total. The van der Waals surface area contributed by atoms with Crippen molar-refractivity contribution >= 4 is 11.8 Å². The molecule has 0 aliphatic heterocycles. The highest BCUT2D eigenvalue weighted by atomic mass is 16.2. The van der Waals surface area contributed by atoms with Crippen LogP contribution in [0, 0.1) is 5.92 Å². The lowest BCUT2D eigenvalue weighted by atomic mass is 9.99. The van der Waals surface area contributed by atoms with Gasteiger partial charge < -0.3 is 10.6 Å². The zero-order valence-electron chi connectivity index (χ0n) is 12.3. The van der Waals surface area contributed by atoms with E-state index in [1.54, 1.807) is 6.08 Å². The van der Waals surface area contributed by atoms with Crippen LogP contribution in [-0.2, 0) is 9.59 Å². The molecule has 0 aromatic rings. The Labute approximate surface area is 117 Å². The molecule has 0 aliphatic rings. The van der Waals surface area contributed by atoms with Crippen LogP contribution in [0.5, 0.6) is 0 Å². The summed E-state index contributed by atoms with van der Waals surface area (Å²) in [4.78, 5) is 22.9. The summed E-state index contributed by atoms with van der Waals surface area (Å²) < 4.78 is 0. The largest absolute Gasteiger partial charge is 0.356 e. The second-order valence-electron chi connectivity index (χ2n) is 4.81. The molecule has 2 amide bonds. The number of carbonyl (C=O) groups excluding carboxylic acids is 2. The number of amides is 2. The Morgan fingerprint density at radius 2 is 1.79 bits per heavy atom. The Bertz CT molecular complexity index is 277. The number of rotatable bonds is 11. The van der Waals surface area contributed by atoms with Crippen molar-refractivity contribution < 1.29 is 9.59 Å². The topological polar surface area (TPSA) is 58.2 Å². The maximum absolute atomic E-state index is 11.6. The summed E-state index contributed by atoms with van der Waals surface area (Å²) in [5, 5.41) is 5.57. The summed E-state index contributed by atoms with van der Waals surface area (Å²) in [7, 11) is 0. The lowest BCUT2D eigenvalue weighted by molar-refractivity contribution is -0.126. The molecule has 0 unspecified atom stereocenters. The van der Waals surface area contributed by atoms with Crippen LogP contribution in [-0.4, -0.2) is 24.9 Å². The standard InChI is InChI=1S/C15H28N2O2/c1-4-7-8-13(6-3)12-17-15(19)10-9-14(18)16-11-5-2/h5,13H,2,4,6-12H2,1,3H3,(H,16,18)(H,17,19)/t13-/m0/s1. The van der Waals surface area contributed by atoms with E-state index in [0.717, 1.165) is 19.4 Å². The smallest absolute Gasteiger partial charge is 0.220 e. The minimum atomic E-state index is -0.104. The molecular formula is C15H28N2O2. The van der Waals surface area contributed by atoms with Crippen LogP contribution in [0.15, 0.2) is 12.7 Å². The molecular weight excluding hydrogens is 240 g/mol. The number of unbranched alkanes of at least 4 members (excludes halogenated alkanes) is 1. The van der Waals surface area contributed by atoms with Gasteiger partial charge in [-0.15, -0.1) is 6.58 Å². The first-order chi connectivity index (χ1) is 9.13. The Balaban J connectivity index is 3.72. The van der Waals surface area contributed by atoms with Crippen molar-refractivity contribution in [2.24, 2.45) is 5.92 Å². The average molecular weight is 268 g/mol. The predicted molar refractivity (Wildman–Crippen MR) is 78.8 cm³/mol. The fourth-order valence-corrected chi connectivity index (χ4v) is 1.79. The van der Waals surface area contributed by atoms with Gasteiger partial charge in [0.05, 0.1) is 0 Å². The lowest BCUT2D eigenvalue weighted by Crippen LogP contribution is -2.31. The van der Waals surface area contributed by atoms with Crippen LogP contribution in [0.2, 0.25) is 0 Å². The molecule has 0 aromatic heterocycles. The number of hydrogen-bond donors (Lipinski definition) is 2. The zero-order chi connectivity index (χ0) is 14.5. The molecule has 0 spiro atoms. The van der Waals surface area contributed by atoms with E-state index in [4.69, 9.17) is 0 Å². The molecule has 0 heterocycles. The minimum Gasteiger partial charge on any atom is -0.356 e. The van der Waals surface area contributed by atoms with Gasteiger partial charge in [-0.2, -0.15) is 0 Å². The summed E-state index contributed by atoms with van der Waals surface area (Å²) in [5.41, 5.74) is 0. The van der Waals surface area contributed by atoms with E-state index >= 15 is 0 Å². The summed E-state index contributed by atoms with van der Waals surface area (Å²) >= 11 is 0. The minimum absolute atomic E-state index is 0.0382. The molecule has 0 saturated carbocycles. The normalized spacial score (nSPS) is 11.7. The third-order valence-corrected chi connectivity index (χ3v) is 3.15. The van der Waals surface area contributed by atoms with E-state index in [1.807, 2.05) is 0 Å². The van der Waals surface area contributed by atoms with Crippen molar-refractivity contribution in [1.29, 1.82) is 0 Å². The monoisotopic (exact) mass is 268 g/mol. The van der Waals surface area contributed by atoms with Gasteiger partial charge in [0.25, 0.3) is 0 Å². The molecule has 0 aromatic carbocycles. The van der Waals surface area contributed by atoms with Crippen LogP contribution >= 0.6 is 0 Å². The van der Waals surface area contributed by atoms with E-state index in [2.05, 4.69) is 31.1 Å². The van der Waals surface area contributed by atoms with Crippen molar-refractivity contribution in [3.05, 3.63) is 12.7 Å². The highest BCUT2D eigenvalue weighted by Gasteiger charge is 2.09. The second-order valence-corrected chi connectivity index (χ2v) is 4.81. The third-order valence-electron chi connectivity index (χ3n) is 3.15. The van der Waals surface area contributed by atoms with Gasteiger partial charge in [0.15, 0.2) is 0 Å². The quantitative estimate of drug-likeness (QED) is 0.565. The highest BCUT2D eigenvalue weighted by molar-refractivity contribution is 5.83. The third kappa shape index (κ3) is 10.3. The van der Waals surface area contributed by atoms with Crippen LogP contribution in [0.3, 0.4) is 0 Å². The first-order valence-corrected chi connectivity index (χ1v) is 7.28. The van der Waals surface area contributed by atoms with Crippen LogP contribution in [0.25, 0.3) is 0 Å². The van der Waals surface area contributed by atoms with Crippen molar-refractivity contribution in [1.82, 2.24) is 10.6 Å². The van der Waals surface area contributed by atoms with Gasteiger partial charge in [-0.1, -0.05) is 39.2 Å². The average Bonchev–Trinajstić information content (AvgIpc) is 2.43. The van der Waals surface area contributed by atoms with Gasteiger partial charge >= 0.3 is 0 Å². The van der Waals surface area contributed by atoms with E-state index in [-0.39, 0.29) is 24.7 Å². The summed E-state index contributed by atoms with van der Waals surface area (Å²) in [6.07, 6.45) is 6.76. The Morgan fingerprint density at radius 1 is 1.16 bits per heavy atom. The molecule has 2 N–H and O–H groups in total. The lowest BCUT2D eigenvalue weighted by Gasteiger charge is -2.15. The predicted octanol–water partition coefficient (Wildman–Crippen LogP) is 2.40. The summed E-state index contributed by atoms with van der Waals surface area (Å²) in [6, 6.07) is 0. The number of nitrogens with one attached hydrogen (secondary N) is 2. The van der Waals surface area contributed by atoms with E-state index < -0.39 is 0 Å². The van der Waals surface area contributed by atoms with Crippen LogP contribution < -0.4 is 10.6 Å². The zero-order valence-corrected chi connectivity index (χ0v) is 12.3. The van der Waals surface area contributed by atoms with Gasteiger partial charge in [0.2, 0.25) is 11.8 Å². The SMILES string of the molecule is C=CCNC(=O)CCC(=O)NC[C@@H](CC)CCCC. The number of carbonyl (C=O) groups is 2. The van der Waals surface area contributed by atoms with Gasteiger partial charge in [-0.25, -0.2) is 0 Å². The van der Waals surface area contributed by atoms with Gasteiger partial charge in [0.1, 0.15) is 0 Å². The van der Waals surface area contributed by atoms with Gasteiger partial charge in [-0.3, -0.25) is 9.59 Å². The molecule has 0 rings (SSSR count). The molecule has 0 bridgehead atoms. The molecule has 4 heteroatoms. The van der Waals surface area contributed by atoms with Crippen molar-refractivity contribution in [3.8, 4) is 0 Å². The first kappa shape index (κ1) is 17.7. The van der Waals surface area contributed by atoms with Crippen LogP contribution in [0.4, 0.5) is 0 Å². The summed E-state index contributed by atoms with van der Waals surface area (Å²) in [5.74, 6) is 0.412. The Kier molecular flexibility index (Phi) is 10.9. The maximum atomic E-state index is 11.6. The van der Waals surface area contributed by atoms with E-state index in [1.165, 1.54) is 12.8 Å². The maximum Gasteiger partial charge on any atom is 0.220 e.